The van der Waals surface area contributed by atoms with E-state index in [1.165, 1.54) is 12.1 Å². The van der Waals surface area contributed by atoms with Gasteiger partial charge in [0, 0.05) is 38.2 Å². The number of hydrogen-bond acceptors (Lipinski definition) is 5. The number of hydrogen-bond donors (Lipinski definition) is 2. The number of benzene rings is 1. The van der Waals surface area contributed by atoms with Crippen molar-refractivity contribution in [3.63, 3.8) is 0 Å². The van der Waals surface area contributed by atoms with Gasteiger partial charge < -0.3 is 10.2 Å². The molecule has 0 spiro atoms. The first-order valence-corrected chi connectivity index (χ1v) is 11.9. The smallest absolute Gasteiger partial charge is 0.240 e. The number of sulfone groups is 1. The molecular formula is C16H25ClN4O4S2. The summed E-state index contributed by atoms with van der Waals surface area (Å²) in [4.78, 5) is 6.14. The molecule has 0 saturated carbocycles. The van der Waals surface area contributed by atoms with E-state index in [1.54, 1.807) is 33.0 Å². The summed E-state index contributed by atoms with van der Waals surface area (Å²) in [5.41, 5.74) is 0. The average Bonchev–Trinajstić information content (AvgIpc) is 2.58. The molecule has 2 N–H and O–H groups in total. The van der Waals surface area contributed by atoms with Gasteiger partial charge in [-0.15, -0.1) is 0 Å². The first-order chi connectivity index (χ1) is 12.5. The van der Waals surface area contributed by atoms with E-state index in [9.17, 15) is 16.8 Å². The minimum atomic E-state index is -3.65. The topological polar surface area (TPSA) is 108 Å². The molecule has 0 unspecified atom stereocenters. The summed E-state index contributed by atoms with van der Waals surface area (Å²) in [7, 11) is -5.19. The van der Waals surface area contributed by atoms with Gasteiger partial charge in [0.25, 0.3) is 0 Å². The zero-order valence-electron chi connectivity index (χ0n) is 15.6. The van der Waals surface area contributed by atoms with E-state index >= 15 is 0 Å². The van der Waals surface area contributed by atoms with Gasteiger partial charge in [-0.25, -0.2) is 21.6 Å². The first kappa shape index (κ1) is 21.9. The van der Waals surface area contributed by atoms with Gasteiger partial charge in [0.1, 0.15) is 0 Å². The summed E-state index contributed by atoms with van der Waals surface area (Å²) in [6.45, 7) is 4.50. The monoisotopic (exact) mass is 436 g/mol. The van der Waals surface area contributed by atoms with Gasteiger partial charge in [-0.2, -0.15) is 0 Å². The fourth-order valence-electron chi connectivity index (χ4n) is 2.73. The summed E-state index contributed by atoms with van der Waals surface area (Å²) in [5, 5.41) is 3.41. The lowest BCUT2D eigenvalue weighted by atomic mass is 10.2. The first-order valence-electron chi connectivity index (χ1n) is 8.42. The maximum Gasteiger partial charge on any atom is 0.240 e. The highest BCUT2D eigenvalue weighted by Gasteiger charge is 2.40. The predicted molar refractivity (Wildman–Crippen MR) is 107 cm³/mol. The van der Waals surface area contributed by atoms with Gasteiger partial charge in [0.05, 0.1) is 15.4 Å². The van der Waals surface area contributed by atoms with Crippen LogP contribution in [-0.2, 0) is 19.9 Å². The zero-order chi connectivity index (χ0) is 20.3. The Bertz CT molecular complexity index is 914. The van der Waals surface area contributed by atoms with Crippen molar-refractivity contribution in [1.29, 1.82) is 0 Å². The summed E-state index contributed by atoms with van der Waals surface area (Å²) in [5.74, 6) is 0.599. The Morgan fingerprint density at radius 2 is 2.04 bits per heavy atom. The zero-order valence-corrected chi connectivity index (χ0v) is 18.0. The van der Waals surface area contributed by atoms with Crippen molar-refractivity contribution in [1.82, 2.24) is 14.9 Å². The van der Waals surface area contributed by atoms with Crippen LogP contribution in [0.2, 0.25) is 5.02 Å². The Morgan fingerprint density at radius 3 is 2.63 bits per heavy atom. The van der Waals surface area contributed by atoms with Crippen molar-refractivity contribution in [3.05, 3.63) is 29.3 Å². The molecule has 0 amide bonds. The quantitative estimate of drug-likeness (QED) is 0.399. The summed E-state index contributed by atoms with van der Waals surface area (Å²) in [6, 6.07) is 6.03. The Morgan fingerprint density at radius 1 is 1.33 bits per heavy atom. The van der Waals surface area contributed by atoms with Crippen LogP contribution in [0.4, 0.5) is 0 Å². The third kappa shape index (κ3) is 5.34. The van der Waals surface area contributed by atoms with E-state index in [0.29, 0.717) is 30.6 Å². The number of halogens is 1. The van der Waals surface area contributed by atoms with E-state index in [1.807, 2.05) is 4.90 Å². The van der Waals surface area contributed by atoms with Crippen LogP contribution in [0.1, 0.15) is 13.8 Å². The largest absolute Gasteiger partial charge is 0.355 e. The second kappa shape index (κ2) is 8.34. The van der Waals surface area contributed by atoms with Crippen LogP contribution in [0.15, 0.2) is 34.2 Å². The molecule has 27 heavy (non-hydrogen) atoms. The molecule has 1 aromatic rings. The van der Waals surface area contributed by atoms with Gasteiger partial charge in [0.2, 0.25) is 10.0 Å². The summed E-state index contributed by atoms with van der Waals surface area (Å²) >= 11 is 5.83. The lowest BCUT2D eigenvalue weighted by Crippen LogP contribution is -2.57. The van der Waals surface area contributed by atoms with Crippen LogP contribution in [-0.4, -0.2) is 71.4 Å². The number of sulfonamides is 1. The van der Waals surface area contributed by atoms with E-state index in [-0.39, 0.29) is 17.2 Å². The summed E-state index contributed by atoms with van der Waals surface area (Å²) < 4.78 is 50.4. The molecular weight excluding hydrogens is 412 g/mol. The van der Waals surface area contributed by atoms with Crippen LogP contribution in [0.3, 0.4) is 0 Å². The highest BCUT2D eigenvalue weighted by molar-refractivity contribution is 7.92. The number of guanidine groups is 1. The van der Waals surface area contributed by atoms with E-state index in [4.69, 9.17) is 11.6 Å². The lowest BCUT2D eigenvalue weighted by molar-refractivity contribution is 0.353. The van der Waals surface area contributed by atoms with Crippen molar-refractivity contribution in [2.24, 2.45) is 4.99 Å². The Kier molecular flexibility index (Phi) is 6.77. The second-order valence-corrected chi connectivity index (χ2v) is 11.8. The summed E-state index contributed by atoms with van der Waals surface area (Å²) in [6.07, 6.45) is 0. The van der Waals surface area contributed by atoms with Gasteiger partial charge in [-0.1, -0.05) is 17.7 Å². The van der Waals surface area contributed by atoms with E-state index in [2.05, 4.69) is 15.0 Å². The van der Waals surface area contributed by atoms with Crippen LogP contribution < -0.4 is 10.0 Å². The molecule has 1 fully saturated rings. The molecule has 0 radical (unpaired) electrons. The maximum absolute atomic E-state index is 12.3. The molecule has 1 aliphatic heterocycles. The molecule has 1 saturated heterocycles. The standard InChI is InChI=1S/C16H25ClN4O4S2/c1-16(2)12-21(9-10-26(16,22)23)15(18-3)19-7-8-20-27(24,25)14-6-4-5-13(17)11-14/h4-6,11,20H,7-10,12H2,1-3H3,(H,18,19). The van der Waals surface area contributed by atoms with Gasteiger partial charge in [-0.3, -0.25) is 4.99 Å². The van der Waals surface area contributed by atoms with Crippen LogP contribution in [0.25, 0.3) is 0 Å². The van der Waals surface area contributed by atoms with Crippen LogP contribution in [0.5, 0.6) is 0 Å². The van der Waals surface area contributed by atoms with E-state index < -0.39 is 24.6 Å². The van der Waals surface area contributed by atoms with Crippen molar-refractivity contribution < 1.29 is 16.8 Å². The van der Waals surface area contributed by atoms with Crippen LogP contribution in [0, 0.1) is 0 Å². The third-order valence-corrected chi connectivity index (χ3v) is 8.59. The number of nitrogens with zero attached hydrogens (tertiary/aromatic N) is 2. The number of aliphatic imine (C=N–C) groups is 1. The second-order valence-electron chi connectivity index (χ2n) is 6.83. The molecule has 0 aromatic heterocycles. The fourth-order valence-corrected chi connectivity index (χ4v) is 5.43. The molecule has 1 aliphatic rings. The normalized spacial score (nSPS) is 19.7. The third-order valence-electron chi connectivity index (χ3n) is 4.36. The van der Waals surface area contributed by atoms with Crippen molar-refractivity contribution in [2.75, 3.05) is 39.0 Å². The molecule has 2 rings (SSSR count). The molecule has 8 nitrogen and oxygen atoms in total. The Labute approximate surface area is 166 Å². The SMILES string of the molecule is CN=C(NCCNS(=O)(=O)c1cccc(Cl)c1)N1CCS(=O)(=O)C(C)(C)C1. The van der Waals surface area contributed by atoms with Gasteiger partial charge >= 0.3 is 0 Å². The molecule has 0 bridgehead atoms. The maximum atomic E-state index is 12.3. The Hall–Kier alpha value is -1.36. The van der Waals surface area contributed by atoms with Crippen molar-refractivity contribution >= 4 is 37.4 Å². The molecule has 152 valence electrons. The fraction of sp³-hybridized carbons (Fsp3) is 0.562. The molecule has 11 heteroatoms. The lowest BCUT2D eigenvalue weighted by Gasteiger charge is -2.39. The van der Waals surface area contributed by atoms with Crippen molar-refractivity contribution in [2.45, 2.75) is 23.5 Å². The van der Waals surface area contributed by atoms with Gasteiger partial charge in [0.15, 0.2) is 15.8 Å². The predicted octanol–water partition coefficient (Wildman–Crippen LogP) is 0.703. The van der Waals surface area contributed by atoms with Gasteiger partial charge in [-0.05, 0) is 32.0 Å². The number of rotatable bonds is 5. The minimum Gasteiger partial charge on any atom is -0.355 e. The van der Waals surface area contributed by atoms with Crippen LogP contribution >= 0.6 is 11.6 Å². The Balaban J connectivity index is 1.90. The molecule has 0 atom stereocenters. The minimum absolute atomic E-state index is 0.0576. The molecule has 0 aliphatic carbocycles. The average molecular weight is 437 g/mol. The highest BCUT2D eigenvalue weighted by atomic mass is 35.5. The number of nitrogens with one attached hydrogen (secondary N) is 2. The van der Waals surface area contributed by atoms with Crippen molar-refractivity contribution in [3.8, 4) is 0 Å². The highest BCUT2D eigenvalue weighted by Crippen LogP contribution is 2.23. The van der Waals surface area contributed by atoms with E-state index in [0.717, 1.165) is 0 Å². The molecule has 1 aromatic carbocycles. The molecule has 1 heterocycles.